The molecular weight excluding hydrogens is 271 g/mol. The van der Waals surface area contributed by atoms with Gasteiger partial charge in [-0.2, -0.15) is 5.10 Å². The number of aromatic nitrogens is 2. The lowest BCUT2D eigenvalue weighted by Crippen LogP contribution is -2.42. The van der Waals surface area contributed by atoms with E-state index in [9.17, 15) is 9.18 Å². The van der Waals surface area contributed by atoms with Gasteiger partial charge in [0.1, 0.15) is 11.5 Å². The zero-order chi connectivity index (χ0) is 14.7. The van der Waals surface area contributed by atoms with Crippen molar-refractivity contribution >= 4 is 5.91 Å². The Morgan fingerprint density at radius 2 is 1.95 bits per heavy atom. The van der Waals surface area contributed by atoms with Crippen molar-refractivity contribution in [1.29, 1.82) is 0 Å². The van der Waals surface area contributed by atoms with Gasteiger partial charge in [-0.25, -0.2) is 4.39 Å². The van der Waals surface area contributed by atoms with Crippen molar-refractivity contribution in [2.24, 2.45) is 0 Å². The first-order valence-electron chi connectivity index (χ1n) is 7.05. The Balaban J connectivity index is 1.69. The molecule has 0 atom stereocenters. The molecule has 0 unspecified atom stereocenters. The molecule has 0 bridgehead atoms. The molecule has 1 aromatic carbocycles. The van der Waals surface area contributed by atoms with Crippen molar-refractivity contribution < 1.29 is 9.18 Å². The maximum Gasteiger partial charge on any atom is 0.269 e. The van der Waals surface area contributed by atoms with Gasteiger partial charge in [-0.05, 0) is 56.3 Å². The van der Waals surface area contributed by atoms with Gasteiger partial charge in [0, 0.05) is 11.6 Å². The average molecular weight is 288 g/mol. The number of aromatic amines is 1. The Kier molecular flexibility index (Phi) is 3.96. The Bertz CT molecular complexity index is 617. The largest absolute Gasteiger partial charge is 0.348 e. The molecule has 0 saturated carbocycles. The summed E-state index contributed by atoms with van der Waals surface area (Å²) in [5.74, 6) is -0.444. The van der Waals surface area contributed by atoms with E-state index in [1.165, 1.54) is 12.1 Å². The minimum absolute atomic E-state index is 0.150. The second kappa shape index (κ2) is 6.05. The summed E-state index contributed by atoms with van der Waals surface area (Å²) in [6.07, 6.45) is 1.87. The van der Waals surface area contributed by atoms with Crippen LogP contribution in [0.4, 0.5) is 4.39 Å². The Hall–Kier alpha value is -2.21. The van der Waals surface area contributed by atoms with Crippen LogP contribution in [0.3, 0.4) is 0 Å². The molecule has 110 valence electrons. The maximum atomic E-state index is 12.9. The van der Waals surface area contributed by atoms with Crippen LogP contribution in [0.2, 0.25) is 0 Å². The van der Waals surface area contributed by atoms with Crippen molar-refractivity contribution in [1.82, 2.24) is 20.8 Å². The van der Waals surface area contributed by atoms with Gasteiger partial charge in [0.2, 0.25) is 0 Å². The van der Waals surface area contributed by atoms with Crippen molar-refractivity contribution in [2.75, 3.05) is 13.1 Å². The molecule has 1 aliphatic rings. The third kappa shape index (κ3) is 3.28. The molecule has 3 N–H and O–H groups in total. The van der Waals surface area contributed by atoms with Crippen LogP contribution in [0.15, 0.2) is 30.3 Å². The highest BCUT2D eigenvalue weighted by Crippen LogP contribution is 2.18. The number of carbonyl (C=O) groups is 1. The third-order valence-electron chi connectivity index (χ3n) is 3.64. The average Bonchev–Trinajstić information content (AvgIpc) is 2.99. The van der Waals surface area contributed by atoms with Crippen LogP contribution in [-0.4, -0.2) is 35.2 Å². The van der Waals surface area contributed by atoms with Gasteiger partial charge in [0.15, 0.2) is 0 Å². The molecule has 2 heterocycles. The van der Waals surface area contributed by atoms with E-state index in [1.54, 1.807) is 18.2 Å². The van der Waals surface area contributed by atoms with E-state index in [0.29, 0.717) is 11.4 Å². The smallest absolute Gasteiger partial charge is 0.269 e. The number of nitrogens with zero attached hydrogens (tertiary/aromatic N) is 1. The molecule has 0 spiro atoms. The lowest BCUT2D eigenvalue weighted by atomic mass is 10.1. The van der Waals surface area contributed by atoms with Gasteiger partial charge in [-0.15, -0.1) is 0 Å². The zero-order valence-electron chi connectivity index (χ0n) is 11.5. The highest BCUT2D eigenvalue weighted by molar-refractivity contribution is 5.93. The van der Waals surface area contributed by atoms with Crippen molar-refractivity contribution in [3.8, 4) is 11.3 Å². The molecule has 1 fully saturated rings. The van der Waals surface area contributed by atoms with Gasteiger partial charge in [0.05, 0.1) is 5.69 Å². The minimum Gasteiger partial charge on any atom is -0.348 e. The van der Waals surface area contributed by atoms with Gasteiger partial charge in [-0.3, -0.25) is 9.89 Å². The van der Waals surface area contributed by atoms with Crippen LogP contribution in [0.1, 0.15) is 23.3 Å². The molecule has 1 saturated heterocycles. The highest BCUT2D eigenvalue weighted by atomic mass is 19.1. The van der Waals surface area contributed by atoms with E-state index in [0.717, 1.165) is 31.5 Å². The molecule has 5 nitrogen and oxygen atoms in total. The SMILES string of the molecule is O=C(NC1CCNCC1)c1cc(-c2ccc(F)cc2)n[nH]1. The van der Waals surface area contributed by atoms with Crippen LogP contribution >= 0.6 is 0 Å². The first-order valence-corrected chi connectivity index (χ1v) is 7.05. The molecule has 21 heavy (non-hydrogen) atoms. The number of amides is 1. The van der Waals surface area contributed by atoms with Crippen LogP contribution < -0.4 is 10.6 Å². The van der Waals surface area contributed by atoms with Gasteiger partial charge in [0.25, 0.3) is 5.91 Å². The summed E-state index contributed by atoms with van der Waals surface area (Å²) < 4.78 is 12.9. The van der Waals surface area contributed by atoms with Crippen LogP contribution in [0.25, 0.3) is 11.3 Å². The van der Waals surface area contributed by atoms with E-state index in [4.69, 9.17) is 0 Å². The van der Waals surface area contributed by atoms with E-state index in [2.05, 4.69) is 20.8 Å². The van der Waals surface area contributed by atoms with Gasteiger partial charge in [-0.1, -0.05) is 0 Å². The van der Waals surface area contributed by atoms with E-state index < -0.39 is 0 Å². The second-order valence-electron chi connectivity index (χ2n) is 5.17. The van der Waals surface area contributed by atoms with Crippen molar-refractivity contribution in [3.05, 3.63) is 41.8 Å². The van der Waals surface area contributed by atoms with Crippen molar-refractivity contribution in [3.63, 3.8) is 0 Å². The van der Waals surface area contributed by atoms with E-state index in [1.807, 2.05) is 0 Å². The van der Waals surface area contributed by atoms with Gasteiger partial charge < -0.3 is 10.6 Å². The summed E-state index contributed by atoms with van der Waals surface area (Å²) in [5, 5.41) is 13.1. The maximum absolute atomic E-state index is 12.9. The number of carbonyl (C=O) groups excluding carboxylic acids is 1. The molecule has 0 radical (unpaired) electrons. The summed E-state index contributed by atoms with van der Waals surface area (Å²) in [6.45, 7) is 1.85. The number of H-pyrrole nitrogens is 1. The number of benzene rings is 1. The Morgan fingerprint density at radius 3 is 2.67 bits per heavy atom. The number of nitrogens with one attached hydrogen (secondary N) is 3. The Labute approximate surface area is 121 Å². The fourth-order valence-corrected chi connectivity index (χ4v) is 2.44. The predicted molar refractivity (Wildman–Crippen MR) is 77.3 cm³/mol. The molecular formula is C15H17FN4O. The summed E-state index contributed by atoms with van der Waals surface area (Å²) in [4.78, 5) is 12.1. The minimum atomic E-state index is -0.293. The molecule has 1 aliphatic heterocycles. The molecule has 3 rings (SSSR count). The fourth-order valence-electron chi connectivity index (χ4n) is 2.44. The quantitative estimate of drug-likeness (QED) is 0.805. The lowest BCUT2D eigenvalue weighted by molar-refractivity contribution is 0.0924. The number of rotatable bonds is 3. The Morgan fingerprint density at radius 1 is 1.24 bits per heavy atom. The fraction of sp³-hybridized carbons (Fsp3) is 0.333. The van der Waals surface area contributed by atoms with E-state index >= 15 is 0 Å². The van der Waals surface area contributed by atoms with Crippen molar-refractivity contribution in [2.45, 2.75) is 18.9 Å². The molecule has 6 heteroatoms. The summed E-state index contributed by atoms with van der Waals surface area (Å²) in [7, 11) is 0. The van der Waals surface area contributed by atoms with E-state index in [-0.39, 0.29) is 17.8 Å². The number of hydrogen-bond acceptors (Lipinski definition) is 3. The predicted octanol–water partition coefficient (Wildman–Crippen LogP) is 1.70. The number of piperidine rings is 1. The monoisotopic (exact) mass is 288 g/mol. The first-order chi connectivity index (χ1) is 10.2. The summed E-state index contributed by atoms with van der Waals surface area (Å²) in [6, 6.07) is 7.91. The third-order valence-corrected chi connectivity index (χ3v) is 3.64. The highest BCUT2D eigenvalue weighted by Gasteiger charge is 2.18. The standard InChI is InChI=1S/C15H17FN4O/c16-11-3-1-10(2-4-11)13-9-14(20-19-13)15(21)18-12-5-7-17-8-6-12/h1-4,9,12,17H,5-8H2,(H,18,21)(H,19,20). The normalized spacial score (nSPS) is 15.9. The van der Waals surface area contributed by atoms with Crippen LogP contribution in [0.5, 0.6) is 0 Å². The zero-order valence-corrected chi connectivity index (χ0v) is 11.5. The van der Waals surface area contributed by atoms with Crippen LogP contribution in [0, 0.1) is 5.82 Å². The first kappa shape index (κ1) is 13.8. The van der Waals surface area contributed by atoms with Gasteiger partial charge >= 0.3 is 0 Å². The number of hydrogen-bond donors (Lipinski definition) is 3. The van der Waals surface area contributed by atoms with Crippen LogP contribution in [-0.2, 0) is 0 Å². The summed E-state index contributed by atoms with van der Waals surface area (Å²) >= 11 is 0. The molecule has 1 aromatic heterocycles. The molecule has 1 amide bonds. The number of halogens is 1. The summed E-state index contributed by atoms with van der Waals surface area (Å²) in [5.41, 5.74) is 1.83. The topological polar surface area (TPSA) is 69.8 Å². The second-order valence-corrected chi connectivity index (χ2v) is 5.17. The lowest BCUT2D eigenvalue weighted by Gasteiger charge is -2.23. The molecule has 2 aromatic rings. The molecule has 0 aliphatic carbocycles.